The van der Waals surface area contributed by atoms with Crippen LogP contribution < -0.4 is 4.74 Å². The Morgan fingerprint density at radius 2 is 1.85 bits per heavy atom. The second-order valence-corrected chi connectivity index (χ2v) is 6.82. The van der Waals surface area contributed by atoms with Gasteiger partial charge in [0.1, 0.15) is 17.3 Å². The minimum atomic E-state index is -0.877. The Hall–Kier alpha value is -2.15. The zero-order valence-corrected chi connectivity index (χ0v) is 14.9. The van der Waals surface area contributed by atoms with Crippen LogP contribution in [0.25, 0.3) is 0 Å². The average molecular weight is 371 g/mol. The van der Waals surface area contributed by atoms with Crippen LogP contribution in [0, 0.1) is 11.7 Å². The largest absolute Gasteiger partial charge is 0.456 e. The van der Waals surface area contributed by atoms with Gasteiger partial charge in [0.15, 0.2) is 0 Å². The fourth-order valence-corrected chi connectivity index (χ4v) is 3.47. The summed E-state index contributed by atoms with van der Waals surface area (Å²) >= 11 is 5.44. The molecular weight excluding hydrogens is 353 g/mol. The van der Waals surface area contributed by atoms with Gasteiger partial charge >= 0.3 is 0 Å². The smallest absolute Gasteiger partial charge is 0.213 e. The third-order valence-electron chi connectivity index (χ3n) is 4.52. The van der Waals surface area contributed by atoms with E-state index >= 15 is 0 Å². The van der Waals surface area contributed by atoms with Crippen LogP contribution in [-0.4, -0.2) is 23.1 Å². The highest BCUT2D eigenvalue weighted by molar-refractivity contribution is 7.80. The van der Waals surface area contributed by atoms with E-state index < -0.39 is 5.79 Å². The van der Waals surface area contributed by atoms with Gasteiger partial charge in [0.05, 0.1) is 25.1 Å². The Bertz CT molecular complexity index is 814. The molecule has 0 N–H and O–H groups in total. The lowest BCUT2D eigenvalue weighted by Crippen LogP contribution is -2.32. The Morgan fingerprint density at radius 3 is 2.46 bits per heavy atom. The molecule has 1 saturated heterocycles. The van der Waals surface area contributed by atoms with E-state index in [2.05, 4.69) is 17.1 Å². The van der Waals surface area contributed by atoms with Gasteiger partial charge in [-0.15, -0.1) is 0 Å². The molecule has 1 aliphatic heterocycles. The van der Waals surface area contributed by atoms with Crippen LogP contribution in [0.1, 0.15) is 18.5 Å². The van der Waals surface area contributed by atoms with Gasteiger partial charge in [-0.05, 0) is 42.8 Å². The maximum atomic E-state index is 13.0. The van der Waals surface area contributed by atoms with Gasteiger partial charge in [-0.3, -0.25) is 4.98 Å². The van der Waals surface area contributed by atoms with Crippen LogP contribution in [0.2, 0.25) is 0 Å². The van der Waals surface area contributed by atoms with Crippen LogP contribution in [-0.2, 0) is 15.3 Å². The molecule has 0 saturated carbocycles. The first-order valence-corrected chi connectivity index (χ1v) is 8.93. The zero-order chi connectivity index (χ0) is 18.0. The van der Waals surface area contributed by atoms with Crippen LogP contribution in [0.3, 0.4) is 0 Å². The number of pyridine rings is 1. The Balaban J connectivity index is 1.52. The average Bonchev–Trinajstić information content (AvgIpc) is 3.28. The van der Waals surface area contributed by atoms with Gasteiger partial charge in [0, 0.05) is 17.2 Å². The van der Waals surface area contributed by atoms with Gasteiger partial charge in [-0.25, -0.2) is 4.39 Å². The summed E-state index contributed by atoms with van der Waals surface area (Å²) in [5.74, 6) is 0.0788. The predicted octanol–water partition coefficient (Wildman–Crippen LogP) is 4.55. The highest BCUT2D eigenvalue weighted by Gasteiger charge is 2.42. The first-order valence-electron chi connectivity index (χ1n) is 8.52. The molecular formula is C20H18FNO3S. The molecule has 1 aromatic carbocycles. The number of thiocarbonyl (C=S) groups is 1. The third-order valence-corrected chi connectivity index (χ3v) is 4.99. The molecule has 6 heteroatoms. The van der Waals surface area contributed by atoms with Crippen molar-refractivity contribution in [3.8, 4) is 11.5 Å². The minimum absolute atomic E-state index is 0.153. The van der Waals surface area contributed by atoms with Crippen molar-refractivity contribution in [2.75, 3.05) is 13.2 Å². The SMILES string of the molecule is Fc1ccc(Oc2ccc(C3(CC4C=CCC4=S)OCCO3)nc2)cc1. The Kier molecular flexibility index (Phi) is 4.80. The molecule has 0 spiro atoms. The molecule has 2 aliphatic rings. The molecule has 1 fully saturated rings. The maximum absolute atomic E-state index is 13.0. The van der Waals surface area contributed by atoms with Crippen molar-refractivity contribution >= 4 is 17.1 Å². The highest BCUT2D eigenvalue weighted by Crippen LogP contribution is 2.39. The van der Waals surface area contributed by atoms with Gasteiger partial charge in [-0.1, -0.05) is 24.4 Å². The van der Waals surface area contributed by atoms with E-state index in [1.165, 1.54) is 12.1 Å². The first kappa shape index (κ1) is 17.3. The molecule has 4 rings (SSSR count). The van der Waals surface area contributed by atoms with Crippen molar-refractivity contribution in [1.82, 2.24) is 4.98 Å². The van der Waals surface area contributed by atoms with Crippen molar-refractivity contribution < 1.29 is 18.6 Å². The van der Waals surface area contributed by atoms with Crippen LogP contribution in [0.4, 0.5) is 4.39 Å². The number of benzene rings is 1. The second kappa shape index (κ2) is 7.23. The normalized spacial score (nSPS) is 21.3. The third kappa shape index (κ3) is 3.53. The summed E-state index contributed by atoms with van der Waals surface area (Å²) in [4.78, 5) is 5.50. The van der Waals surface area contributed by atoms with Crippen LogP contribution in [0.5, 0.6) is 11.5 Å². The summed E-state index contributed by atoms with van der Waals surface area (Å²) < 4.78 is 30.6. The number of hydrogen-bond acceptors (Lipinski definition) is 5. The van der Waals surface area contributed by atoms with E-state index in [1.54, 1.807) is 24.4 Å². The molecule has 4 nitrogen and oxygen atoms in total. The van der Waals surface area contributed by atoms with Gasteiger partial charge < -0.3 is 14.2 Å². The quantitative estimate of drug-likeness (QED) is 0.570. The minimum Gasteiger partial charge on any atom is -0.456 e. The number of hydrogen-bond donors (Lipinski definition) is 0. The second-order valence-electron chi connectivity index (χ2n) is 6.29. The van der Waals surface area contributed by atoms with E-state index in [1.807, 2.05) is 6.07 Å². The lowest BCUT2D eigenvalue weighted by molar-refractivity contribution is -0.176. The van der Waals surface area contributed by atoms with Crippen molar-refractivity contribution in [1.29, 1.82) is 0 Å². The Morgan fingerprint density at radius 1 is 1.12 bits per heavy atom. The van der Waals surface area contributed by atoms with E-state index in [0.717, 1.165) is 11.3 Å². The first-order chi connectivity index (χ1) is 12.6. The molecule has 1 aliphatic carbocycles. The standard InChI is InChI=1S/C20H18FNO3S/c21-15-4-6-16(7-5-15)25-17-8-9-19(22-13-17)20(23-10-11-24-20)12-14-2-1-3-18(14)26/h1-2,4-9,13-14H,3,10-12H2. The number of aromatic nitrogens is 1. The van der Waals surface area contributed by atoms with E-state index in [9.17, 15) is 4.39 Å². The van der Waals surface area contributed by atoms with Crippen molar-refractivity contribution in [3.63, 3.8) is 0 Å². The summed E-state index contributed by atoms with van der Waals surface area (Å²) in [5.41, 5.74) is 0.699. The Labute approximate surface area is 156 Å². The summed E-state index contributed by atoms with van der Waals surface area (Å²) in [5, 5.41) is 0. The van der Waals surface area contributed by atoms with Gasteiger partial charge in [0.25, 0.3) is 0 Å². The molecule has 1 unspecified atom stereocenters. The molecule has 26 heavy (non-hydrogen) atoms. The van der Waals surface area contributed by atoms with Crippen molar-refractivity contribution in [3.05, 3.63) is 66.3 Å². The summed E-state index contributed by atoms with van der Waals surface area (Å²) in [6, 6.07) is 9.49. The van der Waals surface area contributed by atoms with Crippen LogP contribution in [0.15, 0.2) is 54.7 Å². The topological polar surface area (TPSA) is 40.6 Å². The maximum Gasteiger partial charge on any atom is 0.213 e. The number of halogens is 1. The lowest BCUT2D eigenvalue weighted by Gasteiger charge is -2.29. The molecule has 2 aromatic rings. The van der Waals surface area contributed by atoms with E-state index in [4.69, 9.17) is 26.4 Å². The zero-order valence-electron chi connectivity index (χ0n) is 14.1. The fourth-order valence-electron chi connectivity index (χ4n) is 3.21. The highest BCUT2D eigenvalue weighted by atomic mass is 32.1. The number of rotatable bonds is 5. The molecule has 1 aromatic heterocycles. The summed E-state index contributed by atoms with van der Waals surface area (Å²) in [7, 11) is 0. The van der Waals surface area contributed by atoms with Gasteiger partial charge in [0.2, 0.25) is 5.79 Å². The molecule has 2 heterocycles. The molecule has 1 atom stereocenters. The van der Waals surface area contributed by atoms with Crippen molar-refractivity contribution in [2.45, 2.75) is 18.6 Å². The molecule has 0 radical (unpaired) electrons. The molecule has 134 valence electrons. The van der Waals surface area contributed by atoms with E-state index in [-0.39, 0.29) is 11.7 Å². The molecule has 0 amide bonds. The number of nitrogens with zero attached hydrogens (tertiary/aromatic N) is 1. The lowest BCUT2D eigenvalue weighted by atomic mass is 9.95. The summed E-state index contributed by atoms with van der Waals surface area (Å²) in [6.07, 6.45) is 7.26. The van der Waals surface area contributed by atoms with Crippen molar-refractivity contribution in [2.24, 2.45) is 5.92 Å². The van der Waals surface area contributed by atoms with Crippen LogP contribution >= 0.6 is 12.2 Å². The predicted molar refractivity (Wildman–Crippen MR) is 98.8 cm³/mol. The fraction of sp³-hybridized carbons (Fsp3) is 0.300. The number of allylic oxidation sites excluding steroid dienone is 2. The summed E-state index contributed by atoms with van der Waals surface area (Å²) in [6.45, 7) is 1.05. The molecule has 0 bridgehead atoms. The number of ether oxygens (including phenoxy) is 3. The van der Waals surface area contributed by atoms with E-state index in [0.29, 0.717) is 36.8 Å². The monoisotopic (exact) mass is 371 g/mol. The van der Waals surface area contributed by atoms with Gasteiger partial charge in [-0.2, -0.15) is 0 Å².